The molecule has 1 unspecified atom stereocenters. The molecule has 2 aliphatic rings. The number of piperazine rings is 1. The highest BCUT2D eigenvalue weighted by Gasteiger charge is 2.32. The number of ether oxygens (including phenoxy) is 1. The summed E-state index contributed by atoms with van der Waals surface area (Å²) in [6, 6.07) is 16.4. The van der Waals surface area contributed by atoms with Crippen molar-refractivity contribution >= 4 is 11.7 Å². The monoisotopic (exact) mass is 361 g/mol. The van der Waals surface area contributed by atoms with E-state index in [0.29, 0.717) is 11.6 Å². The molecular weight excluding hydrogens is 338 g/mol. The maximum atomic E-state index is 12.0. The second-order valence-corrected chi connectivity index (χ2v) is 7.07. The molecule has 0 N–H and O–H groups in total. The summed E-state index contributed by atoms with van der Waals surface area (Å²) in [5, 5.41) is 9.35. The lowest BCUT2D eigenvalue weighted by Crippen LogP contribution is -2.47. The van der Waals surface area contributed by atoms with Crippen LogP contribution >= 0.6 is 0 Å². The topological polar surface area (TPSA) is 56.6 Å². The molecule has 1 aliphatic heterocycles. The van der Waals surface area contributed by atoms with Crippen LogP contribution in [0.25, 0.3) is 0 Å². The highest BCUT2D eigenvalue weighted by atomic mass is 16.5. The van der Waals surface area contributed by atoms with Gasteiger partial charge in [0.25, 0.3) is 0 Å². The van der Waals surface area contributed by atoms with E-state index in [1.54, 1.807) is 0 Å². The van der Waals surface area contributed by atoms with Gasteiger partial charge in [-0.05, 0) is 42.2 Å². The average Bonchev–Trinajstić information content (AvgIpc) is 3.17. The SMILES string of the molecule is COC(=O)c1cccc2c1CCC2N1CCN(c2ccccc2C#N)CC1. The first-order chi connectivity index (χ1) is 13.2. The minimum Gasteiger partial charge on any atom is -0.465 e. The van der Waals surface area contributed by atoms with E-state index < -0.39 is 0 Å². The number of methoxy groups -OCH3 is 1. The van der Waals surface area contributed by atoms with E-state index in [4.69, 9.17) is 4.74 Å². The first-order valence-electron chi connectivity index (χ1n) is 9.41. The zero-order chi connectivity index (χ0) is 18.8. The molecule has 1 saturated heterocycles. The van der Waals surface area contributed by atoms with Crippen LogP contribution in [0.4, 0.5) is 5.69 Å². The van der Waals surface area contributed by atoms with Crippen LogP contribution < -0.4 is 4.90 Å². The highest BCUT2D eigenvalue weighted by molar-refractivity contribution is 5.91. The molecule has 5 nitrogen and oxygen atoms in total. The van der Waals surface area contributed by atoms with E-state index in [9.17, 15) is 10.1 Å². The molecule has 5 heteroatoms. The fourth-order valence-corrected chi connectivity index (χ4v) is 4.43. The number of nitriles is 1. The quantitative estimate of drug-likeness (QED) is 0.786. The largest absolute Gasteiger partial charge is 0.465 e. The number of carbonyl (C=O) groups excluding carboxylic acids is 1. The van der Waals surface area contributed by atoms with E-state index in [-0.39, 0.29) is 5.97 Å². The lowest BCUT2D eigenvalue weighted by molar-refractivity contribution is 0.0599. The van der Waals surface area contributed by atoms with Crippen LogP contribution in [0.5, 0.6) is 0 Å². The third kappa shape index (κ3) is 3.17. The summed E-state index contributed by atoms with van der Waals surface area (Å²) in [6.45, 7) is 3.71. The van der Waals surface area contributed by atoms with Crippen molar-refractivity contribution in [2.45, 2.75) is 18.9 Å². The molecule has 1 atom stereocenters. The Morgan fingerprint density at radius 3 is 2.63 bits per heavy atom. The van der Waals surface area contributed by atoms with Crippen molar-refractivity contribution in [3.63, 3.8) is 0 Å². The van der Waals surface area contributed by atoms with Gasteiger partial charge in [-0.1, -0.05) is 24.3 Å². The van der Waals surface area contributed by atoms with E-state index in [1.165, 1.54) is 12.7 Å². The molecule has 0 spiro atoms. The number of hydrogen-bond donors (Lipinski definition) is 0. The molecule has 4 rings (SSSR count). The molecule has 1 aliphatic carbocycles. The molecule has 0 aromatic heterocycles. The lowest BCUT2D eigenvalue weighted by Gasteiger charge is -2.39. The van der Waals surface area contributed by atoms with Crippen LogP contribution in [0.15, 0.2) is 42.5 Å². The predicted octanol–water partition coefficient (Wildman–Crippen LogP) is 3.15. The maximum absolute atomic E-state index is 12.0. The van der Waals surface area contributed by atoms with Crippen molar-refractivity contribution in [1.82, 2.24) is 4.90 Å². The van der Waals surface area contributed by atoms with Gasteiger partial charge in [-0.3, -0.25) is 4.90 Å². The summed E-state index contributed by atoms with van der Waals surface area (Å²) in [5.41, 5.74) is 4.88. The average molecular weight is 361 g/mol. The smallest absolute Gasteiger partial charge is 0.338 e. The van der Waals surface area contributed by atoms with Gasteiger partial charge in [0.2, 0.25) is 0 Å². The Balaban J connectivity index is 1.50. The van der Waals surface area contributed by atoms with E-state index in [2.05, 4.69) is 21.9 Å². The summed E-state index contributed by atoms with van der Waals surface area (Å²) in [7, 11) is 1.44. The molecule has 1 heterocycles. The molecule has 1 fully saturated rings. The Labute approximate surface area is 159 Å². The Morgan fingerprint density at radius 1 is 1.11 bits per heavy atom. The zero-order valence-electron chi connectivity index (χ0n) is 15.5. The van der Waals surface area contributed by atoms with Gasteiger partial charge in [0.1, 0.15) is 6.07 Å². The van der Waals surface area contributed by atoms with Gasteiger partial charge in [0.15, 0.2) is 0 Å². The molecule has 0 bridgehead atoms. The van der Waals surface area contributed by atoms with Gasteiger partial charge in [-0.2, -0.15) is 5.26 Å². The van der Waals surface area contributed by atoms with Crippen LogP contribution in [0.1, 0.15) is 39.5 Å². The van der Waals surface area contributed by atoms with Crippen molar-refractivity contribution in [1.29, 1.82) is 5.26 Å². The number of rotatable bonds is 3. The van der Waals surface area contributed by atoms with Crippen LogP contribution in [0.3, 0.4) is 0 Å². The normalized spacial score (nSPS) is 19.4. The van der Waals surface area contributed by atoms with Gasteiger partial charge in [-0.15, -0.1) is 0 Å². The van der Waals surface area contributed by atoms with Gasteiger partial charge < -0.3 is 9.64 Å². The Kier molecular flexibility index (Phi) is 4.83. The number of esters is 1. The molecule has 0 saturated carbocycles. The minimum atomic E-state index is -0.245. The van der Waals surface area contributed by atoms with E-state index >= 15 is 0 Å². The zero-order valence-corrected chi connectivity index (χ0v) is 15.5. The van der Waals surface area contributed by atoms with Crippen molar-refractivity contribution in [3.8, 4) is 6.07 Å². The standard InChI is InChI=1S/C22H23N3O2/c1-27-22(26)19-7-4-6-18-17(19)9-10-21(18)25-13-11-24(12-14-25)20-8-3-2-5-16(20)15-23/h2-8,21H,9-14H2,1H3. The Bertz CT molecular complexity index is 895. The summed E-state index contributed by atoms with van der Waals surface area (Å²) >= 11 is 0. The fraction of sp³-hybridized carbons (Fsp3) is 0.364. The fourth-order valence-electron chi connectivity index (χ4n) is 4.43. The Morgan fingerprint density at radius 2 is 1.89 bits per heavy atom. The molecule has 138 valence electrons. The number of carbonyl (C=O) groups is 1. The van der Waals surface area contributed by atoms with Crippen molar-refractivity contribution in [2.24, 2.45) is 0 Å². The number of anilines is 1. The van der Waals surface area contributed by atoms with Crippen LogP contribution in [0, 0.1) is 11.3 Å². The van der Waals surface area contributed by atoms with Crippen molar-refractivity contribution in [2.75, 3.05) is 38.2 Å². The highest BCUT2D eigenvalue weighted by Crippen LogP contribution is 2.38. The number of benzene rings is 2. The second kappa shape index (κ2) is 7.42. The molecule has 2 aromatic carbocycles. The van der Waals surface area contributed by atoms with Gasteiger partial charge in [0, 0.05) is 32.2 Å². The number of fused-ring (bicyclic) bond motifs is 1. The van der Waals surface area contributed by atoms with Crippen LogP contribution in [0.2, 0.25) is 0 Å². The van der Waals surface area contributed by atoms with E-state index in [0.717, 1.165) is 55.8 Å². The third-order valence-corrected chi connectivity index (χ3v) is 5.76. The van der Waals surface area contributed by atoms with Gasteiger partial charge >= 0.3 is 5.97 Å². The summed E-state index contributed by atoms with van der Waals surface area (Å²) in [6.07, 6.45) is 1.96. The van der Waals surface area contributed by atoms with Crippen LogP contribution in [-0.2, 0) is 11.2 Å². The number of hydrogen-bond acceptors (Lipinski definition) is 5. The first kappa shape index (κ1) is 17.6. The van der Waals surface area contributed by atoms with Crippen LogP contribution in [-0.4, -0.2) is 44.2 Å². The molecule has 0 amide bonds. The van der Waals surface area contributed by atoms with Gasteiger partial charge in [0.05, 0.1) is 23.9 Å². The van der Waals surface area contributed by atoms with E-state index in [1.807, 2.05) is 36.4 Å². The minimum absolute atomic E-state index is 0.245. The van der Waals surface area contributed by atoms with Crippen molar-refractivity contribution < 1.29 is 9.53 Å². The maximum Gasteiger partial charge on any atom is 0.338 e. The number of para-hydroxylation sites is 1. The third-order valence-electron chi connectivity index (χ3n) is 5.76. The van der Waals surface area contributed by atoms with Gasteiger partial charge in [-0.25, -0.2) is 4.79 Å². The summed E-state index contributed by atoms with van der Waals surface area (Å²) in [5.74, 6) is -0.245. The predicted molar refractivity (Wildman–Crippen MR) is 104 cm³/mol. The Hall–Kier alpha value is -2.84. The molecule has 0 radical (unpaired) electrons. The second-order valence-electron chi connectivity index (χ2n) is 7.07. The van der Waals surface area contributed by atoms with Crippen molar-refractivity contribution in [3.05, 3.63) is 64.7 Å². The molecule has 27 heavy (non-hydrogen) atoms. The molecular formula is C22H23N3O2. The number of nitrogens with zero attached hydrogens (tertiary/aromatic N) is 3. The summed E-state index contributed by atoms with van der Waals surface area (Å²) < 4.78 is 4.94. The lowest BCUT2D eigenvalue weighted by atomic mass is 10.0. The molecule has 2 aromatic rings. The first-order valence-corrected chi connectivity index (χ1v) is 9.41. The summed E-state index contributed by atoms with van der Waals surface area (Å²) in [4.78, 5) is 16.9.